The number of hydrogen-bond acceptors (Lipinski definition) is 5. The van der Waals surface area contributed by atoms with Gasteiger partial charge in [0.2, 0.25) is 5.78 Å². The number of carbonyl (C=O) groups is 1. The van der Waals surface area contributed by atoms with Gasteiger partial charge in [-0.1, -0.05) is 54.6 Å². The van der Waals surface area contributed by atoms with Crippen molar-refractivity contribution in [1.82, 2.24) is 4.90 Å². The van der Waals surface area contributed by atoms with E-state index in [0.717, 1.165) is 40.1 Å². The first kappa shape index (κ1) is 20.5. The van der Waals surface area contributed by atoms with Crippen LogP contribution in [0.3, 0.4) is 0 Å². The molecule has 0 aliphatic carbocycles. The van der Waals surface area contributed by atoms with Crippen LogP contribution in [0, 0.1) is 6.92 Å². The summed E-state index contributed by atoms with van der Waals surface area (Å²) in [4.78, 5) is 15.3. The second-order valence-corrected chi connectivity index (χ2v) is 8.12. The van der Waals surface area contributed by atoms with E-state index in [1.54, 1.807) is 7.11 Å². The third-order valence-corrected chi connectivity index (χ3v) is 5.91. The first-order chi connectivity index (χ1) is 15.6. The van der Waals surface area contributed by atoms with E-state index in [1.165, 1.54) is 0 Å². The maximum Gasteiger partial charge on any atom is 0.232 e. The van der Waals surface area contributed by atoms with Gasteiger partial charge >= 0.3 is 0 Å². The van der Waals surface area contributed by atoms with Crippen molar-refractivity contribution >= 4 is 11.9 Å². The third kappa shape index (κ3) is 3.81. The summed E-state index contributed by atoms with van der Waals surface area (Å²) in [6, 6.07) is 20.3. The zero-order chi connectivity index (χ0) is 22.1. The van der Waals surface area contributed by atoms with Crippen LogP contribution in [0.25, 0.3) is 17.2 Å². The minimum Gasteiger partial charge on any atom is -0.478 e. The minimum absolute atomic E-state index is 0.0820. The van der Waals surface area contributed by atoms with Crippen LogP contribution in [0.2, 0.25) is 0 Å². The fraction of sp³-hybridized carbons (Fsp3) is 0.222. The molecule has 2 heterocycles. The molecule has 0 spiro atoms. The first-order valence-corrected chi connectivity index (χ1v) is 10.7. The van der Waals surface area contributed by atoms with Crippen molar-refractivity contribution in [2.45, 2.75) is 13.5 Å². The van der Waals surface area contributed by atoms with E-state index >= 15 is 0 Å². The van der Waals surface area contributed by atoms with Gasteiger partial charge < -0.3 is 14.2 Å². The number of benzene rings is 3. The Morgan fingerprint density at radius 3 is 2.56 bits per heavy atom. The number of Topliss-reactive ketones (excluding diaryl/α,β-unsaturated/α-hetero) is 1. The summed E-state index contributed by atoms with van der Waals surface area (Å²) in [5.74, 6) is 1.68. The van der Waals surface area contributed by atoms with Crippen molar-refractivity contribution in [2.75, 3.05) is 27.0 Å². The predicted octanol–water partition coefficient (Wildman–Crippen LogP) is 5.08. The van der Waals surface area contributed by atoms with Crippen LogP contribution >= 0.6 is 0 Å². The lowest BCUT2D eigenvalue weighted by atomic mass is 9.98. The molecule has 0 aromatic heterocycles. The van der Waals surface area contributed by atoms with Crippen molar-refractivity contribution in [3.8, 4) is 22.6 Å². The molecule has 0 saturated heterocycles. The molecule has 3 aromatic carbocycles. The van der Waals surface area contributed by atoms with E-state index in [4.69, 9.17) is 14.2 Å². The van der Waals surface area contributed by atoms with Crippen molar-refractivity contribution in [2.24, 2.45) is 0 Å². The molecular formula is C27H25NO4. The maximum absolute atomic E-state index is 13.2. The van der Waals surface area contributed by atoms with E-state index in [-0.39, 0.29) is 5.78 Å². The molecule has 5 nitrogen and oxygen atoms in total. The highest BCUT2D eigenvalue weighted by Gasteiger charge is 2.35. The maximum atomic E-state index is 13.2. The van der Waals surface area contributed by atoms with Gasteiger partial charge in [-0.2, -0.15) is 0 Å². The van der Waals surface area contributed by atoms with E-state index in [1.807, 2.05) is 49.4 Å². The Bertz CT molecular complexity index is 1180. The molecule has 3 aromatic rings. The number of ether oxygens (including phenoxy) is 3. The van der Waals surface area contributed by atoms with Gasteiger partial charge in [0.1, 0.15) is 18.2 Å². The van der Waals surface area contributed by atoms with Gasteiger partial charge in [-0.3, -0.25) is 9.69 Å². The molecule has 0 unspecified atom stereocenters. The third-order valence-electron chi connectivity index (χ3n) is 5.91. The van der Waals surface area contributed by atoms with Gasteiger partial charge in [-0.15, -0.1) is 0 Å². The number of carbonyl (C=O) groups excluding carboxylic acids is 1. The van der Waals surface area contributed by atoms with Crippen LogP contribution in [0.4, 0.5) is 0 Å². The Morgan fingerprint density at radius 1 is 1.06 bits per heavy atom. The van der Waals surface area contributed by atoms with Crippen molar-refractivity contribution in [1.29, 1.82) is 0 Å². The second kappa shape index (κ2) is 8.61. The zero-order valence-electron chi connectivity index (χ0n) is 18.3. The van der Waals surface area contributed by atoms with Crippen LogP contribution in [-0.2, 0) is 11.3 Å². The molecular weight excluding hydrogens is 402 g/mol. The predicted molar refractivity (Wildman–Crippen MR) is 124 cm³/mol. The van der Waals surface area contributed by atoms with Gasteiger partial charge in [-0.25, -0.2) is 0 Å². The first-order valence-electron chi connectivity index (χ1n) is 10.7. The monoisotopic (exact) mass is 427 g/mol. The van der Waals surface area contributed by atoms with Crippen molar-refractivity contribution < 1.29 is 19.0 Å². The summed E-state index contributed by atoms with van der Waals surface area (Å²) < 4.78 is 17.3. The Kier molecular flexibility index (Phi) is 5.52. The van der Waals surface area contributed by atoms with E-state index in [0.29, 0.717) is 37.0 Å². The van der Waals surface area contributed by atoms with Crippen LogP contribution in [0.1, 0.15) is 27.0 Å². The lowest BCUT2D eigenvalue weighted by Gasteiger charge is -2.29. The number of aryl methyl sites for hydroxylation is 1. The number of ketones is 1. The smallest absolute Gasteiger partial charge is 0.232 e. The van der Waals surface area contributed by atoms with Crippen LogP contribution < -0.4 is 9.47 Å². The fourth-order valence-corrected chi connectivity index (χ4v) is 4.19. The Labute approximate surface area is 187 Å². The van der Waals surface area contributed by atoms with Crippen LogP contribution in [-0.4, -0.2) is 37.7 Å². The molecule has 0 radical (unpaired) electrons. The summed E-state index contributed by atoms with van der Waals surface area (Å²) in [5.41, 5.74) is 5.64. The van der Waals surface area contributed by atoms with Gasteiger partial charge in [0.15, 0.2) is 5.76 Å². The average Bonchev–Trinajstić information content (AvgIpc) is 3.16. The number of allylic oxidation sites excluding steroid dienone is 1. The summed E-state index contributed by atoms with van der Waals surface area (Å²) in [7, 11) is 1.69. The molecule has 5 heteroatoms. The van der Waals surface area contributed by atoms with E-state index < -0.39 is 0 Å². The summed E-state index contributed by atoms with van der Waals surface area (Å²) in [5, 5.41) is 0. The molecule has 0 amide bonds. The average molecular weight is 428 g/mol. The van der Waals surface area contributed by atoms with Gasteiger partial charge in [0.05, 0.1) is 17.7 Å². The lowest BCUT2D eigenvalue weighted by molar-refractivity contribution is 0.0646. The molecule has 2 aliphatic rings. The summed E-state index contributed by atoms with van der Waals surface area (Å²) in [6.45, 7) is 4.46. The normalized spacial score (nSPS) is 16.4. The molecule has 0 fully saturated rings. The highest BCUT2D eigenvalue weighted by molar-refractivity contribution is 6.15. The molecule has 162 valence electrons. The number of hydrogen-bond donors (Lipinski definition) is 0. The Balaban J connectivity index is 1.43. The number of rotatable bonds is 5. The Hall–Kier alpha value is -3.41. The quantitative estimate of drug-likeness (QED) is 0.532. The fourth-order valence-electron chi connectivity index (χ4n) is 4.19. The topological polar surface area (TPSA) is 48.0 Å². The van der Waals surface area contributed by atoms with E-state index in [9.17, 15) is 4.79 Å². The molecule has 0 bridgehead atoms. The highest BCUT2D eigenvalue weighted by atomic mass is 16.5. The zero-order valence-corrected chi connectivity index (χ0v) is 18.3. The molecule has 2 aliphatic heterocycles. The van der Waals surface area contributed by atoms with Gasteiger partial charge in [0.25, 0.3) is 0 Å². The largest absolute Gasteiger partial charge is 0.478 e. The van der Waals surface area contributed by atoms with Gasteiger partial charge in [0, 0.05) is 20.2 Å². The second-order valence-electron chi connectivity index (χ2n) is 8.12. The minimum atomic E-state index is -0.0820. The SMILES string of the molecule is COCCN1COc2cc(C)c3c(c2C1)O/C(=C\c1ccc(-c2ccccc2)cc1)C3=O. The van der Waals surface area contributed by atoms with Crippen LogP contribution in [0.15, 0.2) is 66.4 Å². The Morgan fingerprint density at radius 2 is 1.81 bits per heavy atom. The van der Waals surface area contributed by atoms with Gasteiger partial charge in [-0.05, 0) is 41.3 Å². The van der Waals surface area contributed by atoms with E-state index in [2.05, 4.69) is 29.2 Å². The van der Waals surface area contributed by atoms with Crippen molar-refractivity contribution in [3.05, 3.63) is 88.7 Å². The number of nitrogens with zero attached hydrogens (tertiary/aromatic N) is 1. The molecule has 32 heavy (non-hydrogen) atoms. The molecule has 0 N–H and O–H groups in total. The molecule has 5 rings (SSSR count). The molecule has 0 saturated carbocycles. The highest BCUT2D eigenvalue weighted by Crippen LogP contribution is 2.44. The summed E-state index contributed by atoms with van der Waals surface area (Å²) in [6.07, 6.45) is 1.81. The lowest BCUT2D eigenvalue weighted by Crippen LogP contribution is -2.34. The van der Waals surface area contributed by atoms with Crippen molar-refractivity contribution in [3.63, 3.8) is 0 Å². The number of methoxy groups -OCH3 is 1. The standard InChI is InChI=1S/C27H25NO4/c1-18-14-23-22(16-28(17-31-23)12-13-30-2)27-25(18)26(29)24(32-27)15-19-8-10-21(11-9-19)20-6-4-3-5-7-20/h3-11,14-15H,12-13,16-17H2,1-2H3/b24-15-. The summed E-state index contributed by atoms with van der Waals surface area (Å²) >= 11 is 0. The number of fused-ring (bicyclic) bond motifs is 3. The van der Waals surface area contributed by atoms with Crippen LogP contribution in [0.5, 0.6) is 11.5 Å². The molecule has 0 atom stereocenters.